The SMILES string of the molecule is O=C(Nc1cc(Br)c(-c2ccccc2)cn1)c1cnc(N2CCC(C(=O)O)CC2)cn1. The summed E-state index contributed by atoms with van der Waals surface area (Å²) in [6.45, 7) is 1.20. The van der Waals surface area contributed by atoms with Gasteiger partial charge in [0.15, 0.2) is 0 Å². The van der Waals surface area contributed by atoms with Crippen LogP contribution in [-0.2, 0) is 4.79 Å². The highest BCUT2D eigenvalue weighted by atomic mass is 79.9. The minimum absolute atomic E-state index is 0.175. The minimum Gasteiger partial charge on any atom is -0.481 e. The summed E-state index contributed by atoms with van der Waals surface area (Å²) in [7, 11) is 0. The molecule has 3 heterocycles. The smallest absolute Gasteiger partial charge is 0.306 e. The molecule has 31 heavy (non-hydrogen) atoms. The number of pyridine rings is 1. The molecule has 9 heteroatoms. The molecule has 4 rings (SSSR count). The number of aromatic nitrogens is 3. The van der Waals surface area contributed by atoms with Crippen molar-refractivity contribution >= 4 is 39.4 Å². The first-order chi connectivity index (χ1) is 15.0. The molecule has 0 bridgehead atoms. The lowest BCUT2D eigenvalue weighted by molar-refractivity contribution is -0.142. The third kappa shape index (κ3) is 4.88. The second-order valence-corrected chi connectivity index (χ2v) is 8.08. The van der Waals surface area contributed by atoms with Crippen molar-refractivity contribution in [3.63, 3.8) is 0 Å². The first-order valence-electron chi connectivity index (χ1n) is 9.83. The molecule has 0 spiro atoms. The quantitative estimate of drug-likeness (QED) is 0.569. The molecule has 2 aromatic heterocycles. The molecule has 1 aromatic carbocycles. The highest BCUT2D eigenvalue weighted by molar-refractivity contribution is 9.10. The number of halogens is 1. The van der Waals surface area contributed by atoms with Crippen LogP contribution in [0.25, 0.3) is 11.1 Å². The molecule has 0 aliphatic carbocycles. The van der Waals surface area contributed by atoms with Crippen LogP contribution >= 0.6 is 15.9 Å². The van der Waals surface area contributed by atoms with E-state index < -0.39 is 11.9 Å². The Kier molecular flexibility index (Phi) is 6.22. The third-order valence-electron chi connectivity index (χ3n) is 5.22. The highest BCUT2D eigenvalue weighted by Gasteiger charge is 2.25. The van der Waals surface area contributed by atoms with Crippen molar-refractivity contribution < 1.29 is 14.7 Å². The number of benzene rings is 1. The Hall–Kier alpha value is -3.33. The third-order valence-corrected chi connectivity index (χ3v) is 5.88. The van der Waals surface area contributed by atoms with Gasteiger partial charge in [0, 0.05) is 29.3 Å². The number of hydrogen-bond donors (Lipinski definition) is 2. The van der Waals surface area contributed by atoms with E-state index in [1.54, 1.807) is 12.3 Å². The fourth-order valence-corrected chi connectivity index (χ4v) is 4.02. The van der Waals surface area contributed by atoms with Gasteiger partial charge < -0.3 is 15.3 Å². The second kappa shape index (κ2) is 9.22. The van der Waals surface area contributed by atoms with Gasteiger partial charge in [0.25, 0.3) is 5.91 Å². The van der Waals surface area contributed by atoms with Crippen LogP contribution in [0.4, 0.5) is 11.6 Å². The van der Waals surface area contributed by atoms with Crippen LogP contribution in [0.15, 0.2) is 59.5 Å². The number of rotatable bonds is 5. The summed E-state index contributed by atoms with van der Waals surface area (Å²) in [6.07, 6.45) is 5.79. The molecule has 8 nitrogen and oxygen atoms in total. The summed E-state index contributed by atoms with van der Waals surface area (Å²) in [4.78, 5) is 38.5. The Morgan fingerprint density at radius 3 is 2.39 bits per heavy atom. The topological polar surface area (TPSA) is 108 Å². The number of nitrogens with one attached hydrogen (secondary N) is 1. The summed E-state index contributed by atoms with van der Waals surface area (Å²) in [6, 6.07) is 11.6. The molecule has 0 atom stereocenters. The molecular weight excluding hydrogens is 462 g/mol. The number of amides is 1. The van der Waals surface area contributed by atoms with E-state index in [2.05, 4.69) is 36.2 Å². The number of carbonyl (C=O) groups is 2. The Morgan fingerprint density at radius 2 is 1.77 bits per heavy atom. The van der Waals surface area contributed by atoms with E-state index >= 15 is 0 Å². The van der Waals surface area contributed by atoms with Crippen LogP contribution < -0.4 is 10.2 Å². The summed E-state index contributed by atoms with van der Waals surface area (Å²) < 4.78 is 0.815. The molecule has 0 radical (unpaired) electrons. The number of carboxylic acids is 1. The number of anilines is 2. The van der Waals surface area contributed by atoms with Crippen LogP contribution in [0.3, 0.4) is 0 Å². The monoisotopic (exact) mass is 481 g/mol. The summed E-state index contributed by atoms with van der Waals surface area (Å²) in [5.74, 6) is -0.439. The van der Waals surface area contributed by atoms with Crippen LogP contribution in [0, 0.1) is 5.92 Å². The summed E-state index contributed by atoms with van der Waals surface area (Å²) in [5.41, 5.74) is 2.12. The average Bonchev–Trinajstić information content (AvgIpc) is 2.80. The van der Waals surface area contributed by atoms with E-state index in [-0.39, 0.29) is 11.6 Å². The zero-order chi connectivity index (χ0) is 21.8. The molecule has 0 unspecified atom stereocenters. The molecule has 1 saturated heterocycles. The van der Waals surface area contributed by atoms with Crippen molar-refractivity contribution in [2.24, 2.45) is 5.92 Å². The largest absolute Gasteiger partial charge is 0.481 e. The molecule has 1 aliphatic rings. The fourth-order valence-electron chi connectivity index (χ4n) is 3.47. The van der Waals surface area contributed by atoms with Gasteiger partial charge >= 0.3 is 5.97 Å². The van der Waals surface area contributed by atoms with E-state index in [0.717, 1.165) is 15.6 Å². The lowest BCUT2D eigenvalue weighted by Crippen LogP contribution is -2.36. The van der Waals surface area contributed by atoms with Crippen molar-refractivity contribution in [2.75, 3.05) is 23.3 Å². The first kappa shape index (κ1) is 20.9. The Labute approximate surface area is 187 Å². The van der Waals surface area contributed by atoms with Crippen molar-refractivity contribution in [1.29, 1.82) is 0 Å². The number of hydrogen-bond acceptors (Lipinski definition) is 6. The zero-order valence-corrected chi connectivity index (χ0v) is 18.1. The van der Waals surface area contributed by atoms with E-state index in [1.165, 1.54) is 12.4 Å². The Bertz CT molecular complexity index is 1080. The van der Waals surface area contributed by atoms with Gasteiger partial charge in [0.05, 0.1) is 18.3 Å². The van der Waals surface area contributed by atoms with Gasteiger partial charge in [-0.05, 0) is 40.4 Å². The zero-order valence-electron chi connectivity index (χ0n) is 16.5. The minimum atomic E-state index is -0.755. The normalized spacial score (nSPS) is 14.3. The predicted molar refractivity (Wildman–Crippen MR) is 120 cm³/mol. The first-order valence-corrected chi connectivity index (χ1v) is 10.6. The highest BCUT2D eigenvalue weighted by Crippen LogP contribution is 2.29. The number of nitrogens with zero attached hydrogens (tertiary/aromatic N) is 4. The van der Waals surface area contributed by atoms with Crippen molar-refractivity contribution in [2.45, 2.75) is 12.8 Å². The van der Waals surface area contributed by atoms with Gasteiger partial charge in [-0.15, -0.1) is 0 Å². The van der Waals surface area contributed by atoms with Crippen molar-refractivity contribution in [3.05, 3.63) is 65.2 Å². The van der Waals surface area contributed by atoms with Gasteiger partial charge in [-0.25, -0.2) is 15.0 Å². The Balaban J connectivity index is 1.40. The van der Waals surface area contributed by atoms with E-state index in [9.17, 15) is 9.59 Å². The average molecular weight is 482 g/mol. The van der Waals surface area contributed by atoms with E-state index in [1.807, 2.05) is 35.2 Å². The van der Waals surface area contributed by atoms with E-state index in [4.69, 9.17) is 5.11 Å². The van der Waals surface area contributed by atoms with Gasteiger partial charge in [0.2, 0.25) is 0 Å². The van der Waals surface area contributed by atoms with Gasteiger partial charge in [0.1, 0.15) is 17.3 Å². The van der Waals surface area contributed by atoms with Crippen LogP contribution in [0.2, 0.25) is 0 Å². The molecule has 0 saturated carbocycles. The molecule has 3 aromatic rings. The van der Waals surface area contributed by atoms with Crippen LogP contribution in [-0.4, -0.2) is 45.0 Å². The number of carboxylic acid groups (broad SMARTS) is 1. The second-order valence-electron chi connectivity index (χ2n) is 7.23. The van der Waals surface area contributed by atoms with Crippen LogP contribution in [0.5, 0.6) is 0 Å². The van der Waals surface area contributed by atoms with Crippen LogP contribution in [0.1, 0.15) is 23.3 Å². The predicted octanol–water partition coefficient (Wildman–Crippen LogP) is 3.85. The maximum absolute atomic E-state index is 12.5. The van der Waals surface area contributed by atoms with Crippen molar-refractivity contribution in [1.82, 2.24) is 15.0 Å². The fraction of sp³-hybridized carbons (Fsp3) is 0.227. The summed E-state index contributed by atoms with van der Waals surface area (Å²) in [5, 5.41) is 11.8. The maximum Gasteiger partial charge on any atom is 0.306 e. The molecule has 1 aliphatic heterocycles. The van der Waals surface area contributed by atoms with Crippen molar-refractivity contribution in [3.8, 4) is 11.1 Å². The number of aliphatic carboxylic acids is 1. The van der Waals surface area contributed by atoms with Gasteiger partial charge in [-0.2, -0.15) is 0 Å². The lowest BCUT2D eigenvalue weighted by Gasteiger charge is -2.30. The lowest BCUT2D eigenvalue weighted by atomic mass is 9.97. The molecule has 2 N–H and O–H groups in total. The number of carbonyl (C=O) groups excluding carboxylic acids is 1. The summed E-state index contributed by atoms with van der Waals surface area (Å²) >= 11 is 3.54. The van der Waals surface area contributed by atoms with E-state index in [0.29, 0.717) is 37.6 Å². The number of piperidine rings is 1. The molecular formula is C22H20BrN5O3. The van der Waals surface area contributed by atoms with Gasteiger partial charge in [-0.3, -0.25) is 9.59 Å². The Morgan fingerprint density at radius 1 is 1.03 bits per heavy atom. The molecule has 1 fully saturated rings. The molecule has 158 valence electrons. The van der Waals surface area contributed by atoms with Gasteiger partial charge in [-0.1, -0.05) is 30.3 Å². The molecule has 1 amide bonds. The standard InChI is InChI=1S/C22H20BrN5O3/c23-17-10-19(25-11-16(17)14-4-2-1-3-5-14)27-21(29)18-12-26-20(13-24-18)28-8-6-15(7-9-28)22(30)31/h1-5,10-13,15H,6-9H2,(H,30,31)(H,25,27,29). The maximum atomic E-state index is 12.5.